The second-order valence-electron chi connectivity index (χ2n) is 3.97. The topological polar surface area (TPSA) is 156 Å². The molecule has 1 amide bonds. The summed E-state index contributed by atoms with van der Waals surface area (Å²) in [6.07, 6.45) is 1.64. The van der Waals surface area contributed by atoms with Crippen molar-refractivity contribution in [3.05, 3.63) is 23.5 Å². The van der Waals surface area contributed by atoms with Crippen molar-refractivity contribution in [3.8, 4) is 0 Å². The number of nitrogens with one attached hydrogen (secondary N) is 1. The number of rotatable bonds is 3. The van der Waals surface area contributed by atoms with Crippen LogP contribution in [0.1, 0.15) is 37.9 Å². The summed E-state index contributed by atoms with van der Waals surface area (Å²) in [6.45, 7) is -2.59. The largest absolute Gasteiger partial charge is 0.473 e. The number of carbonyl (C=O) groups excluding carboxylic acids is 2. The molecule has 1 aliphatic rings. The van der Waals surface area contributed by atoms with E-state index in [0.717, 1.165) is 12.8 Å². The van der Waals surface area contributed by atoms with Crippen LogP contribution in [0, 0.1) is 0 Å². The third kappa shape index (κ3) is 5.53. The van der Waals surface area contributed by atoms with Crippen molar-refractivity contribution in [1.82, 2.24) is 15.5 Å². The summed E-state index contributed by atoms with van der Waals surface area (Å²) < 4.78 is 25.7. The highest BCUT2D eigenvalue weighted by Gasteiger charge is 2.27. The lowest BCUT2D eigenvalue weighted by Gasteiger charge is -2.01. The van der Waals surface area contributed by atoms with Gasteiger partial charge in [-0.25, -0.2) is 14.4 Å². The Morgan fingerprint density at radius 1 is 1.18 bits per heavy atom. The molecule has 0 aromatic carbocycles. The molecule has 0 bridgehead atoms. The Morgan fingerprint density at radius 3 is 2.14 bits per heavy atom. The van der Waals surface area contributed by atoms with Crippen LogP contribution < -0.4 is 5.32 Å². The highest BCUT2D eigenvalue weighted by molar-refractivity contribution is 6.27. The van der Waals surface area contributed by atoms with Crippen molar-refractivity contribution in [3.63, 3.8) is 0 Å². The average molecular weight is 314 g/mol. The predicted molar refractivity (Wildman–Crippen MR) is 69.1 cm³/mol. The Morgan fingerprint density at radius 2 is 1.73 bits per heavy atom. The Hall–Kier alpha value is -3.04. The molecule has 1 fully saturated rings. The summed E-state index contributed by atoms with van der Waals surface area (Å²) in [4.78, 5) is 41.1. The highest BCUT2D eigenvalue weighted by atomic mass is 16.5. The van der Waals surface area contributed by atoms with E-state index in [9.17, 15) is 9.59 Å². The highest BCUT2D eigenvalue weighted by Crippen LogP contribution is 2.24. The van der Waals surface area contributed by atoms with E-state index < -0.39 is 30.8 Å². The Balaban J connectivity index is 0.000000450. The first kappa shape index (κ1) is 12.7. The molecule has 10 nitrogen and oxygen atoms in total. The molecule has 1 saturated carbocycles. The van der Waals surface area contributed by atoms with Crippen LogP contribution in [0.15, 0.2) is 12.1 Å². The maximum atomic E-state index is 11.5. The van der Waals surface area contributed by atoms with Gasteiger partial charge in [-0.3, -0.25) is 4.79 Å². The van der Waals surface area contributed by atoms with Crippen LogP contribution in [-0.2, 0) is 14.3 Å². The first-order valence-corrected chi connectivity index (χ1v) is 5.83. The van der Waals surface area contributed by atoms with Gasteiger partial charge in [-0.15, -0.1) is 10.2 Å². The van der Waals surface area contributed by atoms with Crippen molar-refractivity contribution in [2.24, 2.45) is 0 Å². The summed E-state index contributed by atoms with van der Waals surface area (Å²) in [5.41, 5.74) is -0.198. The van der Waals surface area contributed by atoms with Crippen molar-refractivity contribution < 1.29 is 38.2 Å². The van der Waals surface area contributed by atoms with Gasteiger partial charge in [0.2, 0.25) is 0 Å². The summed E-state index contributed by atoms with van der Waals surface area (Å²) in [5.74, 6) is -5.13. The number of aromatic nitrogens is 2. The maximum Gasteiger partial charge on any atom is 0.414 e. The van der Waals surface area contributed by atoms with Crippen LogP contribution in [0.25, 0.3) is 0 Å². The molecule has 0 atom stereocenters. The van der Waals surface area contributed by atoms with E-state index in [1.54, 1.807) is 5.32 Å². The van der Waals surface area contributed by atoms with Gasteiger partial charge in [0.05, 0.1) is 0 Å². The molecule has 1 aliphatic carbocycles. The Bertz CT molecular complexity index is 660. The first-order valence-electron chi connectivity index (χ1n) is 7.33. The van der Waals surface area contributed by atoms with Crippen LogP contribution in [0.2, 0.25) is 0 Å². The van der Waals surface area contributed by atoms with E-state index in [2.05, 4.69) is 10.2 Å². The zero-order chi connectivity index (χ0) is 19.2. The van der Waals surface area contributed by atoms with Gasteiger partial charge in [0.15, 0.2) is 11.4 Å². The van der Waals surface area contributed by atoms with Gasteiger partial charge in [-0.05, 0) is 25.0 Å². The minimum absolute atomic E-state index is 0.0164. The number of esters is 1. The normalized spacial score (nSPS) is 15.0. The van der Waals surface area contributed by atoms with Gasteiger partial charge in [-0.2, -0.15) is 0 Å². The second kappa shape index (κ2) is 7.67. The van der Waals surface area contributed by atoms with Crippen molar-refractivity contribution in [2.45, 2.75) is 18.9 Å². The van der Waals surface area contributed by atoms with Gasteiger partial charge in [-0.1, -0.05) is 0 Å². The molecule has 10 heteroatoms. The van der Waals surface area contributed by atoms with Crippen LogP contribution in [-0.4, -0.2) is 57.3 Å². The van der Waals surface area contributed by atoms with E-state index >= 15 is 0 Å². The third-order valence-electron chi connectivity index (χ3n) is 2.20. The molecule has 3 N–H and O–H groups in total. The molecule has 0 aliphatic heterocycles. The maximum absolute atomic E-state index is 11.5. The molecule has 1 aromatic heterocycles. The van der Waals surface area contributed by atoms with Crippen molar-refractivity contribution in [2.75, 3.05) is 6.98 Å². The number of nitrogens with zero attached hydrogens (tertiary/aromatic N) is 2. The van der Waals surface area contributed by atoms with Gasteiger partial charge in [0.25, 0.3) is 5.91 Å². The second-order valence-corrected chi connectivity index (χ2v) is 3.97. The van der Waals surface area contributed by atoms with E-state index in [4.69, 9.17) is 28.7 Å². The third-order valence-corrected chi connectivity index (χ3v) is 2.20. The molecular formula is C12H13N3O7. The monoisotopic (exact) mass is 314 g/mol. The molecular weight excluding hydrogens is 298 g/mol. The SMILES string of the molecule is O=C(O)C(=O)O.[2H]C([2H])([2H])NC(=O)c1ccc(C(=O)OC2CC2)nn1. The minimum Gasteiger partial charge on any atom is -0.473 e. The van der Waals surface area contributed by atoms with Crippen LogP contribution in [0.3, 0.4) is 0 Å². The molecule has 0 unspecified atom stereocenters. The minimum atomic E-state index is -2.59. The van der Waals surface area contributed by atoms with Crippen molar-refractivity contribution >= 4 is 23.8 Å². The van der Waals surface area contributed by atoms with E-state index in [1.165, 1.54) is 12.1 Å². The van der Waals surface area contributed by atoms with Gasteiger partial charge in [0.1, 0.15) is 6.10 Å². The lowest BCUT2D eigenvalue weighted by atomic mass is 10.3. The number of hydrogen-bond acceptors (Lipinski definition) is 7. The summed E-state index contributed by atoms with van der Waals surface area (Å²) in [7, 11) is 0. The number of carboxylic acid groups (broad SMARTS) is 2. The molecule has 2 rings (SSSR count). The number of ether oxygens (including phenoxy) is 1. The number of amides is 1. The standard InChI is InChI=1S/C10H11N3O3.C2H2O4/c1-11-9(14)7-4-5-8(13-12-7)10(15)16-6-2-3-6;3-1(4)2(5)6/h4-6H,2-3H2,1H3,(H,11,14);(H,3,4)(H,5,6)/i1D3;. The number of carboxylic acids is 2. The van der Waals surface area contributed by atoms with E-state index in [-0.39, 0.29) is 17.5 Å². The fraction of sp³-hybridized carbons (Fsp3) is 0.333. The molecule has 118 valence electrons. The van der Waals surface area contributed by atoms with Gasteiger partial charge < -0.3 is 20.3 Å². The fourth-order valence-corrected chi connectivity index (χ4v) is 1.02. The first-order chi connectivity index (χ1) is 11.5. The lowest BCUT2D eigenvalue weighted by Crippen LogP contribution is -2.20. The number of aliphatic carboxylic acids is 2. The lowest BCUT2D eigenvalue weighted by molar-refractivity contribution is -0.159. The number of carbonyl (C=O) groups is 4. The van der Waals surface area contributed by atoms with Crippen LogP contribution in [0.5, 0.6) is 0 Å². The zero-order valence-electron chi connectivity index (χ0n) is 14.0. The van der Waals surface area contributed by atoms with Crippen LogP contribution in [0.4, 0.5) is 0 Å². The molecule has 0 saturated heterocycles. The summed E-state index contributed by atoms with van der Waals surface area (Å²) in [5, 5.41) is 23.6. The number of hydrogen-bond donors (Lipinski definition) is 3. The smallest absolute Gasteiger partial charge is 0.414 e. The average Bonchev–Trinajstić information content (AvgIpc) is 3.30. The summed E-state index contributed by atoms with van der Waals surface area (Å²) in [6, 6.07) is 2.49. The van der Waals surface area contributed by atoms with E-state index in [1.807, 2.05) is 0 Å². The van der Waals surface area contributed by atoms with Gasteiger partial charge in [0, 0.05) is 11.1 Å². The quantitative estimate of drug-likeness (QED) is 0.485. The van der Waals surface area contributed by atoms with Crippen molar-refractivity contribution in [1.29, 1.82) is 0 Å². The fourth-order valence-electron chi connectivity index (χ4n) is 1.02. The molecule has 0 radical (unpaired) electrons. The Labute approximate surface area is 128 Å². The molecule has 22 heavy (non-hydrogen) atoms. The van der Waals surface area contributed by atoms with E-state index in [0.29, 0.717) is 0 Å². The summed E-state index contributed by atoms with van der Waals surface area (Å²) >= 11 is 0. The molecule has 1 aromatic rings. The van der Waals surface area contributed by atoms with Crippen LogP contribution >= 0.6 is 0 Å². The van der Waals surface area contributed by atoms with Gasteiger partial charge >= 0.3 is 17.9 Å². The molecule has 1 heterocycles. The molecule has 0 spiro atoms. The Kier molecular flexibility index (Phi) is 4.42. The zero-order valence-corrected chi connectivity index (χ0v) is 11.0. The predicted octanol–water partition coefficient (Wildman–Crippen LogP) is -0.689.